The maximum Gasteiger partial charge on any atom is 0.266 e. The zero-order chi connectivity index (χ0) is 23.1. The third-order valence-corrected chi connectivity index (χ3v) is 6.50. The lowest BCUT2D eigenvalue weighted by atomic mass is 10.1. The van der Waals surface area contributed by atoms with Crippen LogP contribution in [-0.2, 0) is 4.79 Å². The Morgan fingerprint density at radius 2 is 1.76 bits per heavy atom. The van der Waals surface area contributed by atoms with Crippen LogP contribution in [-0.4, -0.2) is 22.0 Å². The molecule has 1 amide bonds. The van der Waals surface area contributed by atoms with Gasteiger partial charge in [-0.05, 0) is 78.4 Å². The van der Waals surface area contributed by atoms with Gasteiger partial charge in [-0.3, -0.25) is 14.2 Å². The number of halogens is 1. The fourth-order valence-corrected chi connectivity index (χ4v) is 4.73. The quantitative estimate of drug-likeness (QED) is 0.247. The highest BCUT2D eigenvalue weighted by Gasteiger charge is 2.32. The minimum atomic E-state index is -0.154. The summed E-state index contributed by atoms with van der Waals surface area (Å²) < 4.78 is 2.57. The molecule has 0 spiro atoms. The summed E-state index contributed by atoms with van der Waals surface area (Å²) in [5.41, 5.74) is 4.59. The van der Waals surface area contributed by atoms with Gasteiger partial charge in [-0.1, -0.05) is 42.8 Å². The van der Waals surface area contributed by atoms with Crippen molar-refractivity contribution >= 4 is 56.7 Å². The summed E-state index contributed by atoms with van der Waals surface area (Å²) in [6.07, 6.45) is 2.61. The van der Waals surface area contributed by atoms with E-state index in [1.165, 1.54) is 0 Å². The number of para-hydroxylation sites is 1. The van der Waals surface area contributed by atoms with Gasteiger partial charge < -0.3 is 4.90 Å². The van der Waals surface area contributed by atoms with Crippen LogP contribution in [0.3, 0.4) is 0 Å². The van der Waals surface area contributed by atoms with E-state index >= 15 is 0 Å². The van der Waals surface area contributed by atoms with Crippen molar-refractivity contribution in [3.8, 4) is 5.69 Å². The second-order valence-electron chi connectivity index (χ2n) is 8.14. The molecule has 0 unspecified atom stereocenters. The third-order valence-electron chi connectivity index (χ3n) is 5.83. The molecule has 0 radical (unpaired) electrons. The lowest BCUT2D eigenvalue weighted by Crippen LogP contribution is -2.27. The Bertz CT molecular complexity index is 1490. The molecule has 0 aliphatic carbocycles. The van der Waals surface area contributed by atoms with Crippen LogP contribution >= 0.6 is 22.6 Å². The van der Waals surface area contributed by atoms with Crippen LogP contribution in [0.2, 0.25) is 0 Å². The third kappa shape index (κ3) is 3.78. The molecule has 0 saturated heterocycles. The molecule has 4 aromatic rings. The van der Waals surface area contributed by atoms with Crippen molar-refractivity contribution in [3.05, 3.63) is 97.6 Å². The first kappa shape index (κ1) is 21.6. The van der Waals surface area contributed by atoms with E-state index in [1.54, 1.807) is 15.5 Å². The molecule has 6 heteroatoms. The predicted molar refractivity (Wildman–Crippen MR) is 142 cm³/mol. The Balaban J connectivity index is 1.79. The number of amides is 1. The van der Waals surface area contributed by atoms with Crippen molar-refractivity contribution in [1.82, 2.24) is 9.55 Å². The minimum absolute atomic E-state index is 0.0644. The summed E-state index contributed by atoms with van der Waals surface area (Å²) in [6.45, 7) is 4.70. The fourth-order valence-electron chi connectivity index (χ4n) is 4.24. The lowest BCUT2D eigenvalue weighted by Gasteiger charge is -2.15. The van der Waals surface area contributed by atoms with E-state index < -0.39 is 0 Å². The van der Waals surface area contributed by atoms with E-state index in [0.29, 0.717) is 28.8 Å². The van der Waals surface area contributed by atoms with Gasteiger partial charge in [0.25, 0.3) is 11.5 Å². The number of hydrogen-bond acceptors (Lipinski definition) is 3. The van der Waals surface area contributed by atoms with Crippen molar-refractivity contribution in [2.24, 2.45) is 0 Å². The number of aryl methyl sites for hydroxylation is 1. The summed E-state index contributed by atoms with van der Waals surface area (Å²) >= 11 is 2.20. The molecule has 164 valence electrons. The molecule has 33 heavy (non-hydrogen) atoms. The number of hydrogen-bond donors (Lipinski definition) is 0. The summed E-state index contributed by atoms with van der Waals surface area (Å²) in [7, 11) is 0. The number of carbonyl (C=O) groups excluding carboxylic acids is 1. The van der Waals surface area contributed by atoms with Crippen molar-refractivity contribution in [2.75, 3.05) is 11.4 Å². The number of carbonyl (C=O) groups is 1. The van der Waals surface area contributed by atoms with Crippen LogP contribution in [0.5, 0.6) is 0 Å². The summed E-state index contributed by atoms with van der Waals surface area (Å²) in [4.78, 5) is 33.7. The highest BCUT2D eigenvalue weighted by atomic mass is 127. The molecule has 0 fully saturated rings. The molecule has 0 N–H and O–H groups in total. The maximum absolute atomic E-state index is 13.6. The van der Waals surface area contributed by atoms with E-state index in [9.17, 15) is 9.59 Å². The van der Waals surface area contributed by atoms with Gasteiger partial charge in [0.2, 0.25) is 0 Å². The molecule has 5 nitrogen and oxygen atoms in total. The Labute approximate surface area is 205 Å². The van der Waals surface area contributed by atoms with Crippen LogP contribution in [0.4, 0.5) is 5.69 Å². The van der Waals surface area contributed by atoms with E-state index in [1.807, 2.05) is 73.7 Å². The Morgan fingerprint density at radius 1 is 1.00 bits per heavy atom. The zero-order valence-corrected chi connectivity index (χ0v) is 20.5. The number of fused-ring (bicyclic) bond motifs is 2. The summed E-state index contributed by atoms with van der Waals surface area (Å²) in [6, 6.07) is 21.2. The van der Waals surface area contributed by atoms with E-state index in [-0.39, 0.29) is 11.5 Å². The first-order valence-electron chi connectivity index (χ1n) is 10.9. The maximum atomic E-state index is 13.6. The second kappa shape index (κ2) is 8.59. The van der Waals surface area contributed by atoms with Crippen molar-refractivity contribution in [1.29, 1.82) is 0 Å². The van der Waals surface area contributed by atoms with Crippen LogP contribution in [0, 0.1) is 10.5 Å². The molecule has 0 saturated carbocycles. The Kier molecular flexibility index (Phi) is 5.62. The standard InChI is InChI=1S/C27H22IN3O2/c1-3-14-30-24-7-5-4-6-20(24)21(26(30)32)16-25-29-23-13-10-18(28)15-22(23)27(33)31(25)19-11-8-17(2)9-12-19/h4-13,15-16H,3,14H2,1-2H3. The molecule has 0 atom stereocenters. The monoisotopic (exact) mass is 547 g/mol. The SMILES string of the molecule is CCCN1C(=O)C(=Cc2nc3ccc(I)cc3c(=O)n2-c2ccc(C)cc2)c2ccccc21. The Hall–Kier alpha value is -3.26. The average molecular weight is 547 g/mol. The van der Waals surface area contributed by atoms with Crippen molar-refractivity contribution < 1.29 is 4.79 Å². The van der Waals surface area contributed by atoms with Crippen LogP contribution < -0.4 is 10.5 Å². The first-order chi connectivity index (χ1) is 16.0. The normalized spacial score (nSPS) is 14.3. The van der Waals surface area contributed by atoms with E-state index in [2.05, 4.69) is 29.5 Å². The number of aromatic nitrogens is 2. The van der Waals surface area contributed by atoms with Gasteiger partial charge in [0.15, 0.2) is 0 Å². The van der Waals surface area contributed by atoms with Gasteiger partial charge in [0.05, 0.1) is 27.9 Å². The van der Waals surface area contributed by atoms with Crippen LogP contribution in [0.1, 0.15) is 30.3 Å². The van der Waals surface area contributed by atoms with Crippen molar-refractivity contribution in [3.63, 3.8) is 0 Å². The Morgan fingerprint density at radius 3 is 2.52 bits per heavy atom. The zero-order valence-electron chi connectivity index (χ0n) is 18.4. The predicted octanol–water partition coefficient (Wildman–Crippen LogP) is 5.60. The highest BCUT2D eigenvalue weighted by Crippen LogP contribution is 2.37. The fraction of sp³-hybridized carbons (Fsp3) is 0.148. The lowest BCUT2D eigenvalue weighted by molar-refractivity contribution is -0.113. The number of anilines is 1. The molecule has 0 bridgehead atoms. The number of rotatable bonds is 4. The molecule has 1 aliphatic rings. The largest absolute Gasteiger partial charge is 0.308 e. The molecule has 3 aromatic carbocycles. The smallest absolute Gasteiger partial charge is 0.266 e. The average Bonchev–Trinajstić information content (AvgIpc) is 3.07. The van der Waals surface area contributed by atoms with Gasteiger partial charge in [-0.15, -0.1) is 0 Å². The first-order valence-corrected chi connectivity index (χ1v) is 12.0. The van der Waals surface area contributed by atoms with E-state index in [0.717, 1.165) is 32.5 Å². The molecule has 2 heterocycles. The van der Waals surface area contributed by atoms with Crippen molar-refractivity contribution in [2.45, 2.75) is 20.3 Å². The number of nitrogens with zero attached hydrogens (tertiary/aromatic N) is 3. The van der Waals surface area contributed by atoms with Gasteiger partial charge in [-0.25, -0.2) is 4.98 Å². The molecular weight excluding hydrogens is 525 g/mol. The minimum Gasteiger partial charge on any atom is -0.308 e. The van der Waals surface area contributed by atoms with Crippen LogP contribution in [0.15, 0.2) is 71.5 Å². The van der Waals surface area contributed by atoms with Gasteiger partial charge in [0.1, 0.15) is 5.82 Å². The molecule has 5 rings (SSSR count). The van der Waals surface area contributed by atoms with Gasteiger partial charge in [0, 0.05) is 15.7 Å². The molecular formula is C27H22IN3O2. The molecule has 1 aromatic heterocycles. The second-order valence-corrected chi connectivity index (χ2v) is 9.39. The van der Waals surface area contributed by atoms with Gasteiger partial charge >= 0.3 is 0 Å². The molecule has 1 aliphatic heterocycles. The van der Waals surface area contributed by atoms with Gasteiger partial charge in [-0.2, -0.15) is 0 Å². The summed E-state index contributed by atoms with van der Waals surface area (Å²) in [5.74, 6) is 0.375. The summed E-state index contributed by atoms with van der Waals surface area (Å²) in [5, 5.41) is 0.551. The highest BCUT2D eigenvalue weighted by molar-refractivity contribution is 14.1. The number of benzene rings is 3. The topological polar surface area (TPSA) is 55.2 Å². The van der Waals surface area contributed by atoms with Crippen LogP contribution in [0.25, 0.3) is 28.2 Å². The van der Waals surface area contributed by atoms with E-state index in [4.69, 9.17) is 4.98 Å².